The Morgan fingerprint density at radius 3 is 1.87 bits per heavy atom. The first-order chi connectivity index (χ1) is 15.1. The fourth-order valence-electron chi connectivity index (χ4n) is 4.17. The number of likely N-dealkylation sites (tertiary alicyclic amines) is 1. The van der Waals surface area contributed by atoms with Crippen molar-refractivity contribution in [2.75, 3.05) is 13.1 Å². The van der Waals surface area contributed by atoms with Gasteiger partial charge in [-0.25, -0.2) is 0 Å². The van der Waals surface area contributed by atoms with Gasteiger partial charge in [0.25, 0.3) is 0 Å². The lowest BCUT2D eigenvalue weighted by Crippen LogP contribution is -2.41. The van der Waals surface area contributed by atoms with Crippen LogP contribution in [0.15, 0.2) is 78.9 Å². The highest BCUT2D eigenvalue weighted by Gasteiger charge is 2.28. The maximum atomic E-state index is 13.2. The van der Waals surface area contributed by atoms with Crippen molar-refractivity contribution >= 4 is 29.1 Å². The van der Waals surface area contributed by atoms with Gasteiger partial charge in [-0.15, -0.1) is 0 Å². The zero-order valence-electron chi connectivity index (χ0n) is 17.3. The number of benzene rings is 3. The lowest BCUT2D eigenvalue weighted by atomic mass is 9.93. The molecule has 1 fully saturated rings. The second-order valence-electron chi connectivity index (χ2n) is 8.01. The van der Waals surface area contributed by atoms with Crippen molar-refractivity contribution < 1.29 is 4.79 Å². The van der Waals surface area contributed by atoms with E-state index in [0.29, 0.717) is 16.6 Å². The quantitative estimate of drug-likeness (QED) is 0.488. The summed E-state index contributed by atoms with van der Waals surface area (Å²) in [4.78, 5) is 15.5. The van der Waals surface area contributed by atoms with Gasteiger partial charge in [0, 0.05) is 28.1 Å². The molecule has 0 spiro atoms. The van der Waals surface area contributed by atoms with Gasteiger partial charge in [0.15, 0.2) is 0 Å². The van der Waals surface area contributed by atoms with Gasteiger partial charge in [0.1, 0.15) is 0 Å². The van der Waals surface area contributed by atoms with Crippen LogP contribution in [0.4, 0.5) is 0 Å². The predicted molar refractivity (Wildman–Crippen MR) is 127 cm³/mol. The summed E-state index contributed by atoms with van der Waals surface area (Å²) >= 11 is 12.7. The molecule has 4 rings (SSSR count). The standard InChI is InChI=1S/C26H26Cl2N2O/c27-23-12-7-13-24(28)22(23)18-30-16-14-21(15-17-30)26(31)29-25(19-8-3-1-4-9-19)20-10-5-2-6-11-20/h1-13,21,25H,14-18H2,(H,29,31). The van der Waals surface area contributed by atoms with Gasteiger partial charge in [0.05, 0.1) is 6.04 Å². The molecule has 0 saturated carbocycles. The Morgan fingerprint density at radius 1 is 0.839 bits per heavy atom. The molecule has 1 saturated heterocycles. The fraction of sp³-hybridized carbons (Fsp3) is 0.269. The summed E-state index contributed by atoms with van der Waals surface area (Å²) in [6.07, 6.45) is 1.65. The van der Waals surface area contributed by atoms with E-state index in [-0.39, 0.29) is 17.9 Å². The topological polar surface area (TPSA) is 32.3 Å². The number of amides is 1. The molecule has 0 aliphatic carbocycles. The van der Waals surface area contributed by atoms with Crippen LogP contribution in [-0.2, 0) is 11.3 Å². The third-order valence-electron chi connectivity index (χ3n) is 5.95. The SMILES string of the molecule is O=C(NC(c1ccccc1)c1ccccc1)C1CCN(Cc2c(Cl)cccc2Cl)CC1. The molecule has 1 heterocycles. The Bertz CT molecular complexity index is 943. The number of nitrogens with zero attached hydrogens (tertiary/aromatic N) is 1. The van der Waals surface area contributed by atoms with Crippen molar-refractivity contribution in [1.82, 2.24) is 10.2 Å². The monoisotopic (exact) mass is 452 g/mol. The van der Waals surface area contributed by atoms with Crippen molar-refractivity contribution in [2.24, 2.45) is 5.92 Å². The van der Waals surface area contributed by atoms with Crippen LogP contribution in [0.1, 0.15) is 35.6 Å². The summed E-state index contributed by atoms with van der Waals surface area (Å²) in [5, 5.41) is 4.69. The second kappa shape index (κ2) is 10.3. The molecule has 1 N–H and O–H groups in total. The maximum Gasteiger partial charge on any atom is 0.223 e. The van der Waals surface area contributed by atoms with Crippen LogP contribution in [0, 0.1) is 5.92 Å². The number of piperidine rings is 1. The van der Waals surface area contributed by atoms with Crippen LogP contribution in [0.5, 0.6) is 0 Å². The minimum Gasteiger partial charge on any atom is -0.345 e. The van der Waals surface area contributed by atoms with Gasteiger partial charge >= 0.3 is 0 Å². The Labute approximate surface area is 194 Å². The first-order valence-electron chi connectivity index (χ1n) is 10.7. The normalized spacial score (nSPS) is 15.2. The molecule has 31 heavy (non-hydrogen) atoms. The smallest absolute Gasteiger partial charge is 0.223 e. The number of nitrogens with one attached hydrogen (secondary N) is 1. The molecule has 0 atom stereocenters. The molecule has 0 bridgehead atoms. The number of hydrogen-bond donors (Lipinski definition) is 1. The third kappa shape index (κ3) is 5.48. The highest BCUT2D eigenvalue weighted by molar-refractivity contribution is 6.35. The zero-order chi connectivity index (χ0) is 21.6. The molecule has 1 amide bonds. The molecule has 160 valence electrons. The van der Waals surface area contributed by atoms with Gasteiger partial charge in [-0.05, 0) is 49.2 Å². The van der Waals surface area contributed by atoms with E-state index in [1.54, 1.807) is 0 Å². The van der Waals surface area contributed by atoms with E-state index in [1.807, 2.05) is 54.6 Å². The molecule has 3 aromatic carbocycles. The number of halogens is 2. The summed E-state index contributed by atoms with van der Waals surface area (Å²) in [7, 11) is 0. The maximum absolute atomic E-state index is 13.2. The number of carbonyl (C=O) groups is 1. The molecular weight excluding hydrogens is 427 g/mol. The molecule has 1 aliphatic rings. The van der Waals surface area contributed by atoms with Crippen molar-refractivity contribution in [3.63, 3.8) is 0 Å². The van der Waals surface area contributed by atoms with E-state index in [2.05, 4.69) is 34.5 Å². The van der Waals surface area contributed by atoms with E-state index in [0.717, 1.165) is 42.6 Å². The average Bonchev–Trinajstić information content (AvgIpc) is 2.81. The summed E-state index contributed by atoms with van der Waals surface area (Å²) < 4.78 is 0. The average molecular weight is 453 g/mol. The lowest BCUT2D eigenvalue weighted by molar-refractivity contribution is -0.127. The molecule has 3 aromatic rings. The van der Waals surface area contributed by atoms with Crippen LogP contribution >= 0.6 is 23.2 Å². The van der Waals surface area contributed by atoms with Gasteiger partial charge < -0.3 is 5.32 Å². The van der Waals surface area contributed by atoms with Crippen molar-refractivity contribution in [3.8, 4) is 0 Å². The number of rotatable bonds is 6. The Hall–Kier alpha value is -2.33. The summed E-state index contributed by atoms with van der Waals surface area (Å²) in [6, 6.07) is 25.7. The minimum atomic E-state index is -0.144. The lowest BCUT2D eigenvalue weighted by Gasteiger charge is -2.32. The highest BCUT2D eigenvalue weighted by Crippen LogP contribution is 2.28. The molecule has 0 radical (unpaired) electrons. The largest absolute Gasteiger partial charge is 0.345 e. The minimum absolute atomic E-state index is 0.00731. The summed E-state index contributed by atoms with van der Waals surface area (Å²) in [5.41, 5.74) is 3.14. The molecule has 1 aliphatic heterocycles. The van der Waals surface area contributed by atoms with Gasteiger partial charge in [-0.2, -0.15) is 0 Å². The van der Waals surface area contributed by atoms with Crippen LogP contribution in [-0.4, -0.2) is 23.9 Å². The Kier molecular flexibility index (Phi) is 7.29. The van der Waals surface area contributed by atoms with Crippen LogP contribution in [0.25, 0.3) is 0 Å². The second-order valence-corrected chi connectivity index (χ2v) is 8.83. The van der Waals surface area contributed by atoms with Crippen molar-refractivity contribution in [3.05, 3.63) is 106 Å². The van der Waals surface area contributed by atoms with Crippen LogP contribution in [0.2, 0.25) is 10.0 Å². The zero-order valence-corrected chi connectivity index (χ0v) is 18.8. The fourth-order valence-corrected chi connectivity index (χ4v) is 4.69. The van der Waals surface area contributed by atoms with E-state index >= 15 is 0 Å². The van der Waals surface area contributed by atoms with Crippen molar-refractivity contribution in [2.45, 2.75) is 25.4 Å². The Morgan fingerprint density at radius 2 is 1.35 bits per heavy atom. The number of carbonyl (C=O) groups excluding carboxylic acids is 1. The van der Waals surface area contributed by atoms with E-state index < -0.39 is 0 Å². The number of hydrogen-bond acceptors (Lipinski definition) is 2. The van der Waals surface area contributed by atoms with Crippen LogP contribution in [0.3, 0.4) is 0 Å². The highest BCUT2D eigenvalue weighted by atomic mass is 35.5. The van der Waals surface area contributed by atoms with Crippen LogP contribution < -0.4 is 5.32 Å². The van der Waals surface area contributed by atoms with Crippen molar-refractivity contribution in [1.29, 1.82) is 0 Å². The van der Waals surface area contributed by atoms with Gasteiger partial charge in [-0.1, -0.05) is 89.9 Å². The molecule has 0 aromatic heterocycles. The Balaban J connectivity index is 1.39. The first-order valence-corrected chi connectivity index (χ1v) is 11.4. The van der Waals surface area contributed by atoms with Gasteiger partial charge in [0.2, 0.25) is 5.91 Å². The third-order valence-corrected chi connectivity index (χ3v) is 6.66. The van der Waals surface area contributed by atoms with E-state index in [4.69, 9.17) is 23.2 Å². The van der Waals surface area contributed by atoms with Gasteiger partial charge in [-0.3, -0.25) is 9.69 Å². The summed E-state index contributed by atoms with van der Waals surface area (Å²) in [6.45, 7) is 2.41. The molecular formula is C26H26Cl2N2O. The molecule has 5 heteroatoms. The predicted octanol–water partition coefficient (Wildman–Crippen LogP) is 6.11. The van der Waals surface area contributed by atoms with E-state index in [9.17, 15) is 4.79 Å². The first kappa shape index (κ1) is 21.9. The summed E-state index contributed by atoms with van der Waals surface area (Å²) in [5.74, 6) is 0.126. The molecule has 3 nitrogen and oxygen atoms in total. The van der Waals surface area contributed by atoms with E-state index in [1.165, 1.54) is 0 Å². The molecule has 0 unspecified atom stereocenters.